The first-order valence-electron chi connectivity index (χ1n) is 11.8. The van der Waals surface area contributed by atoms with Crippen molar-refractivity contribution in [2.45, 2.75) is 19.5 Å². The highest BCUT2D eigenvalue weighted by Gasteiger charge is 2.44. The minimum atomic E-state index is -0.944. The number of halogens is 1. The number of phenolic OH excluding ortho intramolecular Hbond substituents is 1. The third-order valence-electron chi connectivity index (χ3n) is 6.28. The van der Waals surface area contributed by atoms with Crippen molar-refractivity contribution in [3.05, 3.63) is 111 Å². The van der Waals surface area contributed by atoms with E-state index < -0.39 is 29.5 Å². The molecule has 4 aromatic rings. The van der Waals surface area contributed by atoms with Crippen molar-refractivity contribution >= 4 is 44.6 Å². The molecule has 0 saturated heterocycles. The Morgan fingerprint density at radius 3 is 2.39 bits per heavy atom. The van der Waals surface area contributed by atoms with Crippen LogP contribution in [0.4, 0.5) is 0 Å². The van der Waals surface area contributed by atoms with Crippen LogP contribution in [0.5, 0.6) is 5.75 Å². The lowest BCUT2D eigenvalue weighted by Crippen LogP contribution is -2.30. The summed E-state index contributed by atoms with van der Waals surface area (Å²) in [5, 5.41) is 21.4. The number of amides is 1. The van der Waals surface area contributed by atoms with E-state index in [2.05, 4.69) is 15.9 Å². The molecule has 1 aromatic heterocycles. The van der Waals surface area contributed by atoms with E-state index in [4.69, 9.17) is 9.15 Å². The fourth-order valence-electron chi connectivity index (χ4n) is 4.47. The maximum Gasteiger partial charge on any atom is 0.338 e. The highest BCUT2D eigenvalue weighted by Crippen LogP contribution is 2.41. The lowest BCUT2D eigenvalue weighted by molar-refractivity contribution is -0.130. The van der Waals surface area contributed by atoms with Crippen LogP contribution in [-0.4, -0.2) is 39.4 Å². The molecule has 1 aliphatic heterocycles. The fourth-order valence-corrected chi connectivity index (χ4v) is 4.85. The molecule has 1 amide bonds. The topological polar surface area (TPSA) is 117 Å². The Morgan fingerprint density at radius 1 is 1.00 bits per heavy atom. The number of ether oxygens (including phenoxy) is 1. The number of fused-ring (bicyclic) bond motifs is 1. The number of hydrogen-bond acceptors (Lipinski definition) is 7. The van der Waals surface area contributed by atoms with Gasteiger partial charge in [0.25, 0.3) is 5.91 Å². The molecule has 192 valence electrons. The second-order valence-electron chi connectivity index (χ2n) is 8.73. The van der Waals surface area contributed by atoms with Crippen LogP contribution in [0.1, 0.15) is 45.0 Å². The molecule has 0 saturated carbocycles. The second kappa shape index (κ2) is 10.2. The Bertz CT molecular complexity index is 1590. The van der Waals surface area contributed by atoms with Gasteiger partial charge in [0.05, 0.1) is 23.8 Å². The first-order valence-corrected chi connectivity index (χ1v) is 12.6. The number of aromatic hydroxyl groups is 1. The maximum absolute atomic E-state index is 13.7. The number of aliphatic hydroxyl groups excluding tert-OH is 1. The normalized spacial score (nSPS) is 15.4. The number of carbonyl (C=O) groups is 3. The molecule has 38 heavy (non-hydrogen) atoms. The van der Waals surface area contributed by atoms with E-state index in [9.17, 15) is 24.6 Å². The summed E-state index contributed by atoms with van der Waals surface area (Å²) in [7, 11) is 0. The summed E-state index contributed by atoms with van der Waals surface area (Å²) in [6.07, 6.45) is 0. The summed E-state index contributed by atoms with van der Waals surface area (Å²) in [5.74, 6) is -2.47. The number of aliphatic hydroxyl groups is 1. The van der Waals surface area contributed by atoms with Gasteiger partial charge in [0.1, 0.15) is 11.3 Å². The number of nitrogens with zero attached hydrogens (tertiary/aromatic N) is 1. The van der Waals surface area contributed by atoms with Crippen LogP contribution in [-0.2, 0) is 16.1 Å². The molecule has 0 spiro atoms. The van der Waals surface area contributed by atoms with Crippen LogP contribution in [0.3, 0.4) is 0 Å². The summed E-state index contributed by atoms with van der Waals surface area (Å²) in [6, 6.07) is 18.5. The van der Waals surface area contributed by atoms with Crippen molar-refractivity contribution in [3.63, 3.8) is 0 Å². The van der Waals surface area contributed by atoms with Gasteiger partial charge >= 0.3 is 5.97 Å². The third kappa shape index (κ3) is 4.68. The first kappa shape index (κ1) is 25.3. The maximum atomic E-state index is 13.7. The lowest BCUT2D eigenvalue weighted by Gasteiger charge is -2.27. The molecule has 5 rings (SSSR count). The first-order chi connectivity index (χ1) is 18.3. The van der Waals surface area contributed by atoms with Crippen LogP contribution in [0.25, 0.3) is 11.0 Å². The number of benzene rings is 3. The summed E-state index contributed by atoms with van der Waals surface area (Å²) in [6.45, 7) is 2.01. The zero-order chi connectivity index (χ0) is 27.0. The van der Waals surface area contributed by atoms with Crippen LogP contribution < -0.4 is 0 Å². The van der Waals surface area contributed by atoms with Crippen LogP contribution in [0.2, 0.25) is 0 Å². The highest BCUT2D eigenvalue weighted by molar-refractivity contribution is 9.10. The molecule has 0 bridgehead atoms. The summed E-state index contributed by atoms with van der Waals surface area (Å²) < 4.78 is 11.6. The molecule has 8 nitrogen and oxygen atoms in total. The predicted molar refractivity (Wildman–Crippen MR) is 142 cm³/mol. The van der Waals surface area contributed by atoms with E-state index in [0.717, 1.165) is 4.47 Å². The zero-order valence-electron chi connectivity index (χ0n) is 20.2. The lowest BCUT2D eigenvalue weighted by atomic mass is 9.94. The molecule has 1 atom stereocenters. The largest absolute Gasteiger partial charge is 0.508 e. The quantitative estimate of drug-likeness (QED) is 0.209. The van der Waals surface area contributed by atoms with E-state index in [1.807, 2.05) is 0 Å². The van der Waals surface area contributed by atoms with Crippen molar-refractivity contribution < 1.29 is 33.8 Å². The molecule has 2 heterocycles. The van der Waals surface area contributed by atoms with Crippen LogP contribution >= 0.6 is 15.9 Å². The van der Waals surface area contributed by atoms with E-state index >= 15 is 0 Å². The Morgan fingerprint density at radius 2 is 1.71 bits per heavy atom. The number of carbonyl (C=O) groups excluding carboxylic acids is 3. The van der Waals surface area contributed by atoms with Crippen molar-refractivity contribution in [2.24, 2.45) is 0 Å². The zero-order valence-corrected chi connectivity index (χ0v) is 21.8. The number of phenols is 1. The molecular weight excluding hydrogens is 554 g/mol. The van der Waals surface area contributed by atoms with Crippen molar-refractivity contribution in [3.8, 4) is 5.75 Å². The second-order valence-corrected chi connectivity index (χ2v) is 9.64. The molecule has 0 aliphatic carbocycles. The standard InChI is InChI=1S/C29H22BrNO7/c1-2-37-29(36)18-5-3-16(4-6-18)15-31-25(17-7-10-21(32)11-8-17)24(27(34)28(31)35)26(33)23-14-19-13-20(30)9-12-22(19)38-23/h3-14,25,32,34H,2,15H2,1H3. The number of rotatable bonds is 7. The molecule has 1 unspecified atom stereocenters. The molecular formula is C29H22BrNO7. The summed E-state index contributed by atoms with van der Waals surface area (Å²) >= 11 is 3.39. The predicted octanol–water partition coefficient (Wildman–Crippen LogP) is 5.86. The van der Waals surface area contributed by atoms with Crippen LogP contribution in [0.15, 0.2) is 93.0 Å². The van der Waals surface area contributed by atoms with Gasteiger partial charge in [0.15, 0.2) is 11.5 Å². The number of ketones is 1. The third-order valence-corrected chi connectivity index (χ3v) is 6.77. The minimum Gasteiger partial charge on any atom is -0.508 e. The summed E-state index contributed by atoms with van der Waals surface area (Å²) in [4.78, 5) is 40.3. The number of esters is 1. The van der Waals surface area contributed by atoms with Gasteiger partial charge in [-0.3, -0.25) is 9.59 Å². The average Bonchev–Trinajstić information content (AvgIpc) is 3.43. The smallest absolute Gasteiger partial charge is 0.338 e. The fraction of sp³-hybridized carbons (Fsp3) is 0.138. The van der Waals surface area contributed by atoms with Gasteiger partial charge in [-0.05, 0) is 66.6 Å². The Balaban J connectivity index is 1.52. The van der Waals surface area contributed by atoms with Gasteiger partial charge in [-0.2, -0.15) is 0 Å². The Hall–Kier alpha value is -4.37. The van der Waals surface area contributed by atoms with Crippen molar-refractivity contribution in [1.29, 1.82) is 0 Å². The van der Waals surface area contributed by atoms with E-state index in [-0.39, 0.29) is 30.2 Å². The van der Waals surface area contributed by atoms with Gasteiger partial charge < -0.3 is 24.3 Å². The Kier molecular flexibility index (Phi) is 6.77. The molecule has 3 aromatic carbocycles. The van der Waals surface area contributed by atoms with Crippen molar-refractivity contribution in [2.75, 3.05) is 6.61 Å². The van der Waals surface area contributed by atoms with Crippen molar-refractivity contribution in [1.82, 2.24) is 4.90 Å². The summed E-state index contributed by atoms with van der Waals surface area (Å²) in [5.41, 5.74) is 1.92. The van der Waals surface area contributed by atoms with Gasteiger partial charge in [0.2, 0.25) is 5.78 Å². The van der Waals surface area contributed by atoms with Gasteiger partial charge in [0, 0.05) is 16.4 Å². The molecule has 1 aliphatic rings. The number of hydrogen-bond donors (Lipinski definition) is 2. The molecule has 9 heteroatoms. The molecule has 0 radical (unpaired) electrons. The van der Waals surface area contributed by atoms with Crippen LogP contribution in [0, 0.1) is 0 Å². The number of furan rings is 1. The van der Waals surface area contributed by atoms with Gasteiger partial charge in [-0.1, -0.05) is 40.2 Å². The highest BCUT2D eigenvalue weighted by atomic mass is 79.9. The van der Waals surface area contributed by atoms with E-state index in [1.165, 1.54) is 17.0 Å². The Labute approximate surface area is 225 Å². The van der Waals surface area contributed by atoms with E-state index in [1.54, 1.807) is 67.6 Å². The minimum absolute atomic E-state index is 0.0168. The number of Topliss-reactive ketones (excluding diaryl/α,β-unsaturated/α-hetero) is 1. The van der Waals surface area contributed by atoms with Gasteiger partial charge in [-0.25, -0.2) is 4.79 Å². The molecule has 2 N–H and O–H groups in total. The monoisotopic (exact) mass is 575 g/mol. The van der Waals surface area contributed by atoms with Gasteiger partial charge in [-0.15, -0.1) is 0 Å². The SMILES string of the molecule is CCOC(=O)c1ccc(CN2C(=O)C(O)=C(C(=O)c3cc4cc(Br)ccc4o3)C2c2ccc(O)cc2)cc1. The molecule has 0 fully saturated rings. The van der Waals surface area contributed by atoms with E-state index in [0.29, 0.717) is 27.7 Å². The average molecular weight is 576 g/mol.